The molecule has 0 heterocycles. The second-order valence-corrected chi connectivity index (χ2v) is 5.23. The number of aromatic hydroxyl groups is 4. The van der Waals surface area contributed by atoms with Crippen molar-refractivity contribution >= 4 is 35.3 Å². The van der Waals surface area contributed by atoms with Crippen molar-refractivity contribution in [2.24, 2.45) is 5.10 Å². The van der Waals surface area contributed by atoms with Gasteiger partial charge in [-0.15, -0.1) is 0 Å². The number of nitrogens with zero attached hydrogens (tertiary/aromatic N) is 1. The molecule has 23 heavy (non-hydrogen) atoms. The molecule has 0 bridgehead atoms. The third-order valence-corrected chi connectivity index (χ3v) is 3.30. The van der Waals surface area contributed by atoms with Crippen LogP contribution in [0.1, 0.15) is 15.9 Å². The molecule has 0 atom stereocenters. The molecule has 5 N–H and O–H groups in total. The molecule has 0 aliphatic rings. The lowest BCUT2D eigenvalue weighted by Crippen LogP contribution is -2.17. The molecule has 0 radical (unpaired) electrons. The molecule has 9 heteroatoms. The van der Waals surface area contributed by atoms with E-state index >= 15 is 0 Å². The van der Waals surface area contributed by atoms with E-state index in [-0.39, 0.29) is 26.9 Å². The van der Waals surface area contributed by atoms with Crippen molar-refractivity contribution < 1.29 is 25.2 Å². The van der Waals surface area contributed by atoms with Gasteiger partial charge in [-0.1, -0.05) is 23.2 Å². The molecule has 0 aliphatic carbocycles. The van der Waals surface area contributed by atoms with E-state index in [9.17, 15) is 25.2 Å². The van der Waals surface area contributed by atoms with Gasteiger partial charge in [-0.2, -0.15) is 5.10 Å². The van der Waals surface area contributed by atoms with Crippen LogP contribution in [0.5, 0.6) is 23.0 Å². The van der Waals surface area contributed by atoms with Gasteiger partial charge in [-0.05, 0) is 24.3 Å². The van der Waals surface area contributed by atoms with Gasteiger partial charge >= 0.3 is 0 Å². The fourth-order valence-electron chi connectivity index (χ4n) is 1.65. The summed E-state index contributed by atoms with van der Waals surface area (Å²) in [6.45, 7) is 0. The number of hydrogen-bond acceptors (Lipinski definition) is 6. The first-order valence-corrected chi connectivity index (χ1v) is 6.81. The van der Waals surface area contributed by atoms with E-state index in [2.05, 4.69) is 10.5 Å². The van der Waals surface area contributed by atoms with Gasteiger partial charge in [0.2, 0.25) is 0 Å². The third-order valence-electron chi connectivity index (χ3n) is 2.76. The average molecular weight is 357 g/mol. The van der Waals surface area contributed by atoms with Gasteiger partial charge < -0.3 is 20.4 Å². The Bertz CT molecular complexity index is 762. The Morgan fingerprint density at radius 2 is 1.61 bits per heavy atom. The summed E-state index contributed by atoms with van der Waals surface area (Å²) in [6.07, 6.45) is 1.10. The third kappa shape index (κ3) is 3.77. The molecular formula is C14H10Cl2N2O5. The zero-order valence-corrected chi connectivity index (χ0v) is 12.8. The highest BCUT2D eigenvalue weighted by molar-refractivity contribution is 6.36. The standard InChI is InChI=1S/C14H10Cl2N2O5/c15-7-3-9(16)8(10(19)4-7)5-17-18-14(23)6-1-11(20)13(22)12(21)2-6/h1-5,19-22H,(H,18,23)/b17-5+. The maximum atomic E-state index is 11.8. The summed E-state index contributed by atoms with van der Waals surface area (Å²) in [4.78, 5) is 11.8. The number of phenols is 4. The average Bonchev–Trinajstić information content (AvgIpc) is 2.46. The highest BCUT2D eigenvalue weighted by atomic mass is 35.5. The highest BCUT2D eigenvalue weighted by Crippen LogP contribution is 2.35. The van der Waals surface area contributed by atoms with Gasteiger partial charge in [0.15, 0.2) is 17.2 Å². The van der Waals surface area contributed by atoms with E-state index in [0.29, 0.717) is 0 Å². The Morgan fingerprint density at radius 3 is 2.17 bits per heavy atom. The number of phenolic OH excluding ortho intramolecular Hbond substituents is 4. The minimum atomic E-state index is -0.767. The van der Waals surface area contributed by atoms with Gasteiger partial charge in [0.05, 0.1) is 16.8 Å². The molecule has 0 fully saturated rings. The molecule has 0 saturated heterocycles. The van der Waals surface area contributed by atoms with Crippen molar-refractivity contribution in [3.8, 4) is 23.0 Å². The minimum Gasteiger partial charge on any atom is -0.507 e. The Balaban J connectivity index is 2.16. The molecule has 120 valence electrons. The lowest BCUT2D eigenvalue weighted by Gasteiger charge is -2.05. The molecule has 2 aromatic carbocycles. The van der Waals surface area contributed by atoms with Gasteiger partial charge in [-0.3, -0.25) is 4.79 Å². The zero-order chi connectivity index (χ0) is 17.1. The topological polar surface area (TPSA) is 122 Å². The lowest BCUT2D eigenvalue weighted by molar-refractivity contribution is 0.0954. The minimum absolute atomic E-state index is 0.132. The Kier molecular flexibility index (Phi) is 4.83. The smallest absolute Gasteiger partial charge is 0.271 e. The second kappa shape index (κ2) is 6.64. The fourth-order valence-corrected chi connectivity index (χ4v) is 2.19. The maximum Gasteiger partial charge on any atom is 0.271 e. The van der Waals surface area contributed by atoms with E-state index in [1.165, 1.54) is 12.1 Å². The number of hydrogen-bond donors (Lipinski definition) is 5. The molecule has 0 aromatic heterocycles. The van der Waals surface area contributed by atoms with Crippen LogP contribution in [0.25, 0.3) is 0 Å². The van der Waals surface area contributed by atoms with Crippen molar-refractivity contribution in [3.05, 3.63) is 45.4 Å². The van der Waals surface area contributed by atoms with Crippen LogP contribution in [0.3, 0.4) is 0 Å². The van der Waals surface area contributed by atoms with Crippen LogP contribution in [-0.4, -0.2) is 32.5 Å². The molecule has 0 unspecified atom stereocenters. The molecule has 2 aromatic rings. The van der Waals surface area contributed by atoms with Crippen molar-refractivity contribution in [2.45, 2.75) is 0 Å². The highest BCUT2D eigenvalue weighted by Gasteiger charge is 2.13. The van der Waals surface area contributed by atoms with Crippen LogP contribution < -0.4 is 5.43 Å². The first-order chi connectivity index (χ1) is 10.8. The van der Waals surface area contributed by atoms with Crippen molar-refractivity contribution in [3.63, 3.8) is 0 Å². The summed E-state index contributed by atoms with van der Waals surface area (Å²) in [6, 6.07) is 4.55. The number of halogens is 2. The number of hydrazone groups is 1. The van der Waals surface area contributed by atoms with Crippen molar-refractivity contribution in [2.75, 3.05) is 0 Å². The van der Waals surface area contributed by atoms with Crippen LogP contribution in [0.4, 0.5) is 0 Å². The summed E-state index contributed by atoms with van der Waals surface area (Å²) in [5.41, 5.74) is 2.12. The van der Waals surface area contributed by atoms with E-state index < -0.39 is 23.2 Å². The molecular weight excluding hydrogens is 347 g/mol. The van der Waals surface area contributed by atoms with E-state index in [1.54, 1.807) is 0 Å². The van der Waals surface area contributed by atoms with E-state index in [0.717, 1.165) is 18.3 Å². The van der Waals surface area contributed by atoms with Crippen LogP contribution in [-0.2, 0) is 0 Å². The maximum absolute atomic E-state index is 11.8. The number of amides is 1. The van der Waals surface area contributed by atoms with E-state index in [1.807, 2.05) is 0 Å². The molecule has 2 rings (SSSR count). The SMILES string of the molecule is O=C(N/N=C/c1c(O)cc(Cl)cc1Cl)c1cc(O)c(O)c(O)c1. The number of carbonyl (C=O) groups is 1. The van der Waals surface area contributed by atoms with Crippen LogP contribution >= 0.6 is 23.2 Å². The Labute approximate surface area is 140 Å². The quantitative estimate of drug-likeness (QED) is 0.328. The summed E-state index contributed by atoms with van der Waals surface area (Å²) in [7, 11) is 0. The number of rotatable bonds is 3. The molecule has 7 nitrogen and oxygen atoms in total. The predicted octanol–water partition coefficient (Wildman–Crippen LogP) is 2.58. The van der Waals surface area contributed by atoms with Gasteiger partial charge in [0.1, 0.15) is 5.75 Å². The number of benzene rings is 2. The van der Waals surface area contributed by atoms with Crippen molar-refractivity contribution in [1.29, 1.82) is 0 Å². The van der Waals surface area contributed by atoms with E-state index in [4.69, 9.17) is 23.2 Å². The zero-order valence-electron chi connectivity index (χ0n) is 11.3. The summed E-state index contributed by atoms with van der Waals surface area (Å²) >= 11 is 11.6. The summed E-state index contributed by atoms with van der Waals surface area (Å²) < 4.78 is 0. The molecule has 0 aliphatic heterocycles. The van der Waals surface area contributed by atoms with Crippen molar-refractivity contribution in [1.82, 2.24) is 5.43 Å². The van der Waals surface area contributed by atoms with Gasteiger partial charge in [0.25, 0.3) is 5.91 Å². The van der Waals surface area contributed by atoms with Gasteiger partial charge in [0, 0.05) is 10.6 Å². The summed E-state index contributed by atoms with van der Waals surface area (Å²) in [5.74, 6) is -3.03. The molecule has 0 spiro atoms. The fraction of sp³-hybridized carbons (Fsp3) is 0. The monoisotopic (exact) mass is 356 g/mol. The molecule has 1 amide bonds. The normalized spacial score (nSPS) is 10.9. The first-order valence-electron chi connectivity index (χ1n) is 6.06. The number of nitrogens with one attached hydrogen (secondary N) is 1. The summed E-state index contributed by atoms with van der Waals surface area (Å²) in [5, 5.41) is 41.6. The second-order valence-electron chi connectivity index (χ2n) is 4.38. The number of carbonyl (C=O) groups excluding carboxylic acids is 1. The van der Waals surface area contributed by atoms with Crippen LogP contribution in [0.15, 0.2) is 29.4 Å². The van der Waals surface area contributed by atoms with Crippen LogP contribution in [0, 0.1) is 0 Å². The first kappa shape index (κ1) is 16.7. The predicted molar refractivity (Wildman–Crippen MR) is 84.6 cm³/mol. The van der Waals surface area contributed by atoms with Crippen LogP contribution in [0.2, 0.25) is 10.0 Å². The Morgan fingerprint density at radius 1 is 1.00 bits per heavy atom. The lowest BCUT2D eigenvalue weighted by atomic mass is 10.2. The Hall–Kier alpha value is -2.64. The molecule has 0 saturated carbocycles. The largest absolute Gasteiger partial charge is 0.507 e. The van der Waals surface area contributed by atoms with Gasteiger partial charge in [-0.25, -0.2) is 5.43 Å².